The molecule has 0 aliphatic heterocycles. The second-order valence-corrected chi connectivity index (χ2v) is 7.65. The highest BCUT2D eigenvalue weighted by Gasteiger charge is 2.13. The van der Waals surface area contributed by atoms with Crippen LogP contribution in [-0.2, 0) is 0 Å². The maximum atomic E-state index is 10.3. The van der Waals surface area contributed by atoms with Crippen LogP contribution in [0.5, 0.6) is 5.75 Å². The van der Waals surface area contributed by atoms with Crippen LogP contribution < -0.4 is 15.4 Å². The minimum absolute atomic E-state index is 0. The van der Waals surface area contributed by atoms with E-state index in [1.54, 1.807) is 13.2 Å². The molecular formula is C19H27ClIN3O2S. The zero-order chi connectivity index (χ0) is 18.9. The van der Waals surface area contributed by atoms with Crippen molar-refractivity contribution >= 4 is 52.9 Å². The number of rotatable bonds is 8. The average Bonchev–Trinajstić information content (AvgIpc) is 3.09. The van der Waals surface area contributed by atoms with E-state index in [0.717, 1.165) is 22.7 Å². The largest absolute Gasteiger partial charge is 0.496 e. The Morgan fingerprint density at radius 2 is 2.00 bits per heavy atom. The van der Waals surface area contributed by atoms with Gasteiger partial charge in [-0.3, -0.25) is 4.99 Å². The summed E-state index contributed by atoms with van der Waals surface area (Å²) in [7, 11) is 1.68. The van der Waals surface area contributed by atoms with Gasteiger partial charge in [-0.1, -0.05) is 36.7 Å². The van der Waals surface area contributed by atoms with Crippen molar-refractivity contribution in [3.8, 4) is 5.75 Å². The summed E-state index contributed by atoms with van der Waals surface area (Å²) >= 11 is 7.31. The summed E-state index contributed by atoms with van der Waals surface area (Å²) in [4.78, 5) is 5.48. The van der Waals surface area contributed by atoms with E-state index in [1.807, 2.05) is 31.2 Å². The molecule has 8 heteroatoms. The van der Waals surface area contributed by atoms with Gasteiger partial charge in [-0.25, -0.2) is 0 Å². The summed E-state index contributed by atoms with van der Waals surface area (Å²) in [5, 5.41) is 16.7. The van der Waals surface area contributed by atoms with Gasteiger partial charge in [0.15, 0.2) is 5.96 Å². The standard InChI is InChI=1S/C19H26ClN3O2S.HI/c1-4-21-19(23-12-15(24)17-9-10-18(20)26-17)22-11-13(2)14-7-5-6-8-16(14)25-3;/h5-10,13,15,24H,4,11-12H2,1-3H3,(H2,21,22,23);1H. The molecule has 150 valence electrons. The molecule has 2 unspecified atom stereocenters. The number of aliphatic hydroxyl groups excluding tert-OH is 1. The quantitative estimate of drug-likeness (QED) is 0.272. The monoisotopic (exact) mass is 523 g/mol. The third-order valence-corrected chi connectivity index (χ3v) is 5.25. The molecular weight excluding hydrogens is 497 g/mol. The highest BCUT2D eigenvalue weighted by atomic mass is 127. The van der Waals surface area contributed by atoms with Gasteiger partial charge in [0, 0.05) is 30.4 Å². The van der Waals surface area contributed by atoms with Gasteiger partial charge in [0.1, 0.15) is 11.9 Å². The second-order valence-electron chi connectivity index (χ2n) is 5.90. The first-order valence-corrected chi connectivity index (χ1v) is 9.83. The van der Waals surface area contributed by atoms with Gasteiger partial charge in [0.2, 0.25) is 0 Å². The Bertz CT molecular complexity index is 726. The van der Waals surface area contributed by atoms with Gasteiger partial charge in [0.05, 0.1) is 11.4 Å². The highest BCUT2D eigenvalue weighted by Crippen LogP contribution is 2.27. The van der Waals surface area contributed by atoms with E-state index in [-0.39, 0.29) is 29.9 Å². The number of hydrogen-bond acceptors (Lipinski definition) is 4. The van der Waals surface area contributed by atoms with E-state index >= 15 is 0 Å². The fraction of sp³-hybridized carbons (Fsp3) is 0.421. The lowest BCUT2D eigenvalue weighted by Gasteiger charge is -2.17. The minimum Gasteiger partial charge on any atom is -0.496 e. The van der Waals surface area contributed by atoms with E-state index in [0.29, 0.717) is 23.4 Å². The fourth-order valence-electron chi connectivity index (χ4n) is 2.54. The molecule has 27 heavy (non-hydrogen) atoms. The number of methoxy groups -OCH3 is 1. The number of ether oxygens (including phenoxy) is 1. The second kappa shape index (κ2) is 12.4. The van der Waals surface area contributed by atoms with Crippen molar-refractivity contribution in [3.63, 3.8) is 0 Å². The summed E-state index contributed by atoms with van der Waals surface area (Å²) in [5.74, 6) is 1.76. The van der Waals surface area contributed by atoms with Gasteiger partial charge < -0.3 is 20.5 Å². The number of nitrogens with zero attached hydrogens (tertiary/aromatic N) is 1. The van der Waals surface area contributed by atoms with Gasteiger partial charge in [0.25, 0.3) is 0 Å². The third-order valence-electron chi connectivity index (χ3n) is 3.92. The molecule has 0 radical (unpaired) electrons. The number of thiophene rings is 1. The molecule has 0 bridgehead atoms. The van der Waals surface area contributed by atoms with Crippen LogP contribution in [0.3, 0.4) is 0 Å². The Hall–Kier alpha value is -1.03. The summed E-state index contributed by atoms with van der Waals surface area (Å²) in [6.45, 7) is 5.85. The van der Waals surface area contributed by atoms with Gasteiger partial charge in [-0.2, -0.15) is 0 Å². The summed E-state index contributed by atoms with van der Waals surface area (Å²) < 4.78 is 6.10. The van der Waals surface area contributed by atoms with Crippen molar-refractivity contribution in [3.05, 3.63) is 51.2 Å². The van der Waals surface area contributed by atoms with E-state index in [4.69, 9.17) is 16.3 Å². The Balaban J connectivity index is 0.00000364. The van der Waals surface area contributed by atoms with Crippen LogP contribution >= 0.6 is 46.9 Å². The first-order chi connectivity index (χ1) is 12.5. The number of nitrogens with one attached hydrogen (secondary N) is 2. The molecule has 0 spiro atoms. The number of para-hydroxylation sites is 1. The molecule has 1 heterocycles. The normalized spacial score (nSPS) is 13.4. The maximum absolute atomic E-state index is 10.3. The zero-order valence-electron chi connectivity index (χ0n) is 15.7. The van der Waals surface area contributed by atoms with Gasteiger partial charge >= 0.3 is 0 Å². The Labute approximate surface area is 187 Å². The number of aliphatic imine (C=N–C) groups is 1. The Morgan fingerprint density at radius 3 is 2.63 bits per heavy atom. The molecule has 1 aromatic heterocycles. The van der Waals surface area contributed by atoms with Gasteiger partial charge in [-0.05, 0) is 30.7 Å². The van der Waals surface area contributed by atoms with Crippen LogP contribution in [0.4, 0.5) is 0 Å². The number of hydrogen-bond donors (Lipinski definition) is 3. The van der Waals surface area contributed by atoms with Crippen LogP contribution in [0.2, 0.25) is 4.34 Å². The molecule has 0 fully saturated rings. The van der Waals surface area contributed by atoms with Crippen molar-refractivity contribution in [1.82, 2.24) is 10.6 Å². The fourth-order valence-corrected chi connectivity index (χ4v) is 3.59. The number of benzene rings is 1. The lowest BCUT2D eigenvalue weighted by molar-refractivity contribution is 0.184. The van der Waals surface area contributed by atoms with Crippen LogP contribution in [-0.4, -0.2) is 37.8 Å². The smallest absolute Gasteiger partial charge is 0.191 e. The van der Waals surface area contributed by atoms with Gasteiger partial charge in [-0.15, -0.1) is 35.3 Å². The summed E-state index contributed by atoms with van der Waals surface area (Å²) in [6, 6.07) is 11.6. The number of halogens is 2. The van der Waals surface area contributed by atoms with Crippen molar-refractivity contribution < 1.29 is 9.84 Å². The van der Waals surface area contributed by atoms with E-state index in [2.05, 4.69) is 28.6 Å². The first kappa shape index (κ1) is 24.0. The molecule has 3 N–H and O–H groups in total. The van der Waals surface area contributed by atoms with E-state index in [9.17, 15) is 5.11 Å². The van der Waals surface area contributed by atoms with Crippen molar-refractivity contribution in [2.45, 2.75) is 25.9 Å². The molecule has 0 amide bonds. The van der Waals surface area contributed by atoms with E-state index in [1.165, 1.54) is 11.3 Å². The summed E-state index contributed by atoms with van der Waals surface area (Å²) in [6.07, 6.45) is -0.622. The molecule has 2 rings (SSSR count). The molecule has 0 aliphatic rings. The average molecular weight is 524 g/mol. The van der Waals surface area contributed by atoms with E-state index < -0.39 is 6.10 Å². The zero-order valence-corrected chi connectivity index (χ0v) is 19.6. The molecule has 2 aromatic rings. The lowest BCUT2D eigenvalue weighted by Crippen LogP contribution is -2.39. The molecule has 5 nitrogen and oxygen atoms in total. The van der Waals surface area contributed by atoms with Crippen LogP contribution in [0.15, 0.2) is 41.4 Å². The lowest BCUT2D eigenvalue weighted by atomic mass is 10.0. The molecule has 2 atom stereocenters. The Morgan fingerprint density at radius 1 is 1.26 bits per heavy atom. The predicted molar refractivity (Wildman–Crippen MR) is 125 cm³/mol. The summed E-state index contributed by atoms with van der Waals surface area (Å²) in [5.41, 5.74) is 1.13. The minimum atomic E-state index is -0.622. The molecule has 0 saturated heterocycles. The molecule has 1 aromatic carbocycles. The van der Waals surface area contributed by atoms with Crippen molar-refractivity contribution in [2.75, 3.05) is 26.7 Å². The number of aliphatic hydroxyl groups is 1. The predicted octanol–water partition coefficient (Wildman–Crippen LogP) is 4.42. The first-order valence-electron chi connectivity index (χ1n) is 8.63. The van der Waals surface area contributed by atoms with Crippen LogP contribution in [0.25, 0.3) is 0 Å². The SMILES string of the molecule is CCNC(=NCC(C)c1ccccc1OC)NCC(O)c1ccc(Cl)s1.I. The highest BCUT2D eigenvalue weighted by molar-refractivity contribution is 14.0. The van der Waals surface area contributed by atoms with Crippen molar-refractivity contribution in [1.29, 1.82) is 0 Å². The van der Waals surface area contributed by atoms with Crippen LogP contribution in [0.1, 0.15) is 36.3 Å². The molecule has 0 aliphatic carbocycles. The maximum Gasteiger partial charge on any atom is 0.191 e. The third kappa shape index (κ3) is 7.48. The topological polar surface area (TPSA) is 65.9 Å². The van der Waals surface area contributed by atoms with Crippen molar-refractivity contribution in [2.24, 2.45) is 4.99 Å². The molecule has 0 saturated carbocycles. The number of guanidine groups is 1. The van der Waals surface area contributed by atoms with Crippen LogP contribution in [0, 0.1) is 0 Å². The Kier molecular flexibility index (Phi) is 11.1.